The molecule has 0 aromatic heterocycles. The third kappa shape index (κ3) is 3.11. The van der Waals surface area contributed by atoms with Crippen LogP contribution >= 0.6 is 0 Å². The fourth-order valence-electron chi connectivity index (χ4n) is 3.60. The number of benzene rings is 1. The lowest BCUT2D eigenvalue weighted by Gasteiger charge is -2.35. The topological polar surface area (TPSA) is 61.4 Å². The van der Waals surface area contributed by atoms with E-state index in [0.717, 1.165) is 31.4 Å². The summed E-state index contributed by atoms with van der Waals surface area (Å²) >= 11 is 0. The lowest BCUT2D eigenvalue weighted by molar-refractivity contribution is -0.139. The molecule has 2 N–H and O–H groups in total. The minimum atomic E-state index is -0.572. The molecule has 5 heteroatoms. The predicted octanol–water partition coefficient (Wildman–Crippen LogP) is 1.39. The minimum absolute atomic E-state index is 0.0382. The van der Waals surface area contributed by atoms with Gasteiger partial charge < -0.3 is 15.5 Å². The summed E-state index contributed by atoms with van der Waals surface area (Å²) in [6, 6.07) is 7.38. The molecule has 0 saturated carbocycles. The second-order valence-corrected chi connectivity index (χ2v) is 6.54. The average Bonchev–Trinajstić information content (AvgIpc) is 2.70. The van der Waals surface area contributed by atoms with Crippen molar-refractivity contribution in [1.29, 1.82) is 0 Å². The van der Waals surface area contributed by atoms with Gasteiger partial charge in [-0.2, -0.15) is 0 Å². The predicted molar refractivity (Wildman–Crippen MR) is 88.9 cm³/mol. The molecular weight excluding hydrogens is 290 g/mol. The van der Waals surface area contributed by atoms with Crippen LogP contribution in [0.2, 0.25) is 0 Å². The van der Waals surface area contributed by atoms with E-state index in [1.165, 1.54) is 12.0 Å². The SMILES string of the molecule is CNC(C)C(=O)NC1C(=O)N2CCCCC2Cc2ccccc21. The molecule has 0 spiro atoms. The maximum absolute atomic E-state index is 13.1. The van der Waals surface area contributed by atoms with Crippen LogP contribution in [0.3, 0.4) is 0 Å². The Labute approximate surface area is 137 Å². The first-order valence-electron chi connectivity index (χ1n) is 8.47. The zero-order valence-corrected chi connectivity index (χ0v) is 13.8. The molecule has 3 rings (SSSR count). The van der Waals surface area contributed by atoms with Crippen LogP contribution in [0.5, 0.6) is 0 Å². The van der Waals surface area contributed by atoms with E-state index >= 15 is 0 Å². The van der Waals surface area contributed by atoms with Crippen molar-refractivity contribution in [3.8, 4) is 0 Å². The normalized spacial score (nSPS) is 25.1. The van der Waals surface area contributed by atoms with Crippen molar-refractivity contribution in [2.24, 2.45) is 0 Å². The second kappa shape index (κ2) is 6.71. The Bertz CT molecular complexity index is 602. The zero-order valence-electron chi connectivity index (χ0n) is 13.8. The largest absolute Gasteiger partial charge is 0.339 e. The van der Waals surface area contributed by atoms with Gasteiger partial charge in [0, 0.05) is 12.6 Å². The third-order valence-corrected chi connectivity index (χ3v) is 5.09. The van der Waals surface area contributed by atoms with Gasteiger partial charge in [-0.05, 0) is 50.8 Å². The summed E-state index contributed by atoms with van der Waals surface area (Å²) in [5, 5.41) is 5.88. The molecule has 0 aliphatic carbocycles. The van der Waals surface area contributed by atoms with Gasteiger partial charge in [-0.3, -0.25) is 9.59 Å². The van der Waals surface area contributed by atoms with E-state index in [9.17, 15) is 9.59 Å². The summed E-state index contributed by atoms with van der Waals surface area (Å²) in [6.07, 6.45) is 4.15. The highest BCUT2D eigenvalue weighted by Gasteiger charge is 2.37. The molecule has 2 amide bonds. The number of nitrogens with one attached hydrogen (secondary N) is 2. The number of likely N-dealkylation sites (N-methyl/N-ethyl adjacent to an activating group) is 1. The Morgan fingerprint density at radius 1 is 1.30 bits per heavy atom. The summed E-state index contributed by atoms with van der Waals surface area (Å²) < 4.78 is 0. The summed E-state index contributed by atoms with van der Waals surface area (Å²) in [4.78, 5) is 27.4. The molecule has 3 unspecified atom stereocenters. The fourth-order valence-corrected chi connectivity index (χ4v) is 3.60. The monoisotopic (exact) mass is 315 g/mol. The van der Waals surface area contributed by atoms with Crippen LogP contribution in [0.25, 0.3) is 0 Å². The van der Waals surface area contributed by atoms with Crippen LogP contribution in [0.4, 0.5) is 0 Å². The van der Waals surface area contributed by atoms with Crippen molar-refractivity contribution in [3.63, 3.8) is 0 Å². The fraction of sp³-hybridized carbons (Fsp3) is 0.556. The quantitative estimate of drug-likeness (QED) is 0.886. The van der Waals surface area contributed by atoms with Gasteiger partial charge in [-0.1, -0.05) is 24.3 Å². The average molecular weight is 315 g/mol. The van der Waals surface area contributed by atoms with Gasteiger partial charge in [0.25, 0.3) is 0 Å². The molecule has 23 heavy (non-hydrogen) atoms. The molecule has 5 nitrogen and oxygen atoms in total. The molecule has 2 aliphatic heterocycles. The first kappa shape index (κ1) is 16.0. The Hall–Kier alpha value is -1.88. The second-order valence-electron chi connectivity index (χ2n) is 6.54. The Morgan fingerprint density at radius 2 is 2.09 bits per heavy atom. The van der Waals surface area contributed by atoms with Gasteiger partial charge >= 0.3 is 0 Å². The molecule has 3 atom stereocenters. The van der Waals surface area contributed by atoms with Crippen LogP contribution in [0, 0.1) is 0 Å². The molecule has 124 valence electrons. The van der Waals surface area contributed by atoms with Crippen LogP contribution in [-0.4, -0.2) is 42.4 Å². The number of fused-ring (bicyclic) bond motifs is 2. The van der Waals surface area contributed by atoms with E-state index in [2.05, 4.69) is 16.7 Å². The number of carbonyl (C=O) groups excluding carboxylic acids is 2. The third-order valence-electron chi connectivity index (χ3n) is 5.09. The number of nitrogens with zero attached hydrogens (tertiary/aromatic N) is 1. The first-order chi connectivity index (χ1) is 11.1. The van der Waals surface area contributed by atoms with Gasteiger partial charge in [0.05, 0.1) is 6.04 Å². The van der Waals surface area contributed by atoms with E-state index < -0.39 is 6.04 Å². The summed E-state index contributed by atoms with van der Waals surface area (Å²) in [6.45, 7) is 2.59. The van der Waals surface area contributed by atoms with Crippen molar-refractivity contribution in [3.05, 3.63) is 35.4 Å². The Balaban J connectivity index is 1.94. The molecule has 2 heterocycles. The lowest BCUT2D eigenvalue weighted by Crippen LogP contribution is -2.50. The van der Waals surface area contributed by atoms with Crippen LogP contribution in [-0.2, 0) is 16.0 Å². The number of hydrogen-bond acceptors (Lipinski definition) is 3. The van der Waals surface area contributed by atoms with E-state index in [-0.39, 0.29) is 23.9 Å². The van der Waals surface area contributed by atoms with Crippen molar-refractivity contribution in [2.45, 2.75) is 50.7 Å². The zero-order chi connectivity index (χ0) is 16.4. The van der Waals surface area contributed by atoms with Crippen molar-refractivity contribution in [2.75, 3.05) is 13.6 Å². The lowest BCUT2D eigenvalue weighted by atomic mass is 9.94. The molecule has 1 aromatic rings. The van der Waals surface area contributed by atoms with Gasteiger partial charge in [0.2, 0.25) is 11.8 Å². The van der Waals surface area contributed by atoms with E-state index in [1.54, 1.807) is 14.0 Å². The van der Waals surface area contributed by atoms with Gasteiger partial charge in [0.1, 0.15) is 6.04 Å². The highest BCUT2D eigenvalue weighted by Crippen LogP contribution is 2.31. The standard InChI is InChI=1S/C18H25N3O2/c1-12(19-2)17(22)20-16-15-9-4-3-7-13(15)11-14-8-5-6-10-21(14)18(16)23/h3-4,7,9,12,14,16,19H,5-6,8,10-11H2,1-2H3,(H,20,22). The van der Waals surface area contributed by atoms with Crippen molar-refractivity contribution < 1.29 is 9.59 Å². The maximum Gasteiger partial charge on any atom is 0.250 e. The molecule has 0 radical (unpaired) electrons. The van der Waals surface area contributed by atoms with Crippen molar-refractivity contribution >= 4 is 11.8 Å². The summed E-state index contributed by atoms with van der Waals surface area (Å²) in [5.41, 5.74) is 2.13. The number of amides is 2. The Morgan fingerprint density at radius 3 is 2.87 bits per heavy atom. The number of carbonyl (C=O) groups is 2. The number of hydrogen-bond donors (Lipinski definition) is 2. The van der Waals surface area contributed by atoms with E-state index in [0.29, 0.717) is 0 Å². The Kier molecular flexibility index (Phi) is 4.66. The number of piperidine rings is 1. The summed E-state index contributed by atoms with van der Waals surface area (Å²) in [7, 11) is 1.74. The molecule has 1 aromatic carbocycles. The molecule has 1 saturated heterocycles. The van der Waals surface area contributed by atoms with Gasteiger partial charge in [-0.25, -0.2) is 0 Å². The highest BCUT2D eigenvalue weighted by atomic mass is 16.2. The molecule has 0 bridgehead atoms. The van der Waals surface area contributed by atoms with Crippen molar-refractivity contribution in [1.82, 2.24) is 15.5 Å². The summed E-state index contributed by atoms with van der Waals surface area (Å²) in [5.74, 6) is -0.104. The maximum atomic E-state index is 13.1. The molecule has 1 fully saturated rings. The van der Waals surface area contributed by atoms with Crippen LogP contribution < -0.4 is 10.6 Å². The molecular formula is C18H25N3O2. The highest BCUT2D eigenvalue weighted by molar-refractivity contribution is 5.91. The van der Waals surface area contributed by atoms with Gasteiger partial charge in [0.15, 0.2) is 0 Å². The van der Waals surface area contributed by atoms with Gasteiger partial charge in [-0.15, -0.1) is 0 Å². The minimum Gasteiger partial charge on any atom is -0.339 e. The van der Waals surface area contributed by atoms with Crippen LogP contribution in [0.1, 0.15) is 43.4 Å². The van der Waals surface area contributed by atoms with Crippen LogP contribution in [0.15, 0.2) is 24.3 Å². The number of rotatable bonds is 3. The first-order valence-corrected chi connectivity index (χ1v) is 8.47. The van der Waals surface area contributed by atoms with E-state index in [4.69, 9.17) is 0 Å². The smallest absolute Gasteiger partial charge is 0.250 e. The van der Waals surface area contributed by atoms with E-state index in [1.807, 2.05) is 23.1 Å². The molecule has 2 aliphatic rings.